The first-order valence-electron chi connectivity index (χ1n) is 3.36. The van der Waals surface area contributed by atoms with Crippen molar-refractivity contribution in [3.8, 4) is 0 Å². The average Bonchev–Trinajstić information content (AvgIpc) is 1.97. The van der Waals surface area contributed by atoms with E-state index in [-0.39, 0.29) is 18.4 Å². The van der Waals surface area contributed by atoms with Crippen molar-refractivity contribution in [2.45, 2.75) is 19.0 Å². The minimum Gasteiger partial charge on any atom is -0.394 e. The average molecular weight is 158 g/mol. The summed E-state index contributed by atoms with van der Waals surface area (Å²) < 4.78 is 0. The number of carbonyl (C=O) groups is 2. The molecule has 3 N–H and O–H groups in total. The van der Waals surface area contributed by atoms with Crippen LogP contribution >= 0.6 is 0 Å². The molecular formula is C6H10N2O3. The van der Waals surface area contributed by atoms with Gasteiger partial charge in [-0.1, -0.05) is 0 Å². The largest absolute Gasteiger partial charge is 0.394 e. The van der Waals surface area contributed by atoms with E-state index in [1.54, 1.807) is 6.92 Å². The highest BCUT2D eigenvalue weighted by molar-refractivity contribution is 5.96. The third-order valence-electron chi connectivity index (χ3n) is 1.57. The van der Waals surface area contributed by atoms with Gasteiger partial charge in [-0.25, -0.2) is 0 Å². The Hall–Kier alpha value is -1.10. The van der Waals surface area contributed by atoms with Gasteiger partial charge < -0.3 is 15.7 Å². The van der Waals surface area contributed by atoms with Gasteiger partial charge in [0, 0.05) is 0 Å². The summed E-state index contributed by atoms with van der Waals surface area (Å²) in [5.41, 5.74) is 0. The minimum atomic E-state index is -0.779. The predicted molar refractivity (Wildman–Crippen MR) is 36.6 cm³/mol. The molecule has 0 aromatic heterocycles. The van der Waals surface area contributed by atoms with E-state index < -0.39 is 12.1 Å². The fourth-order valence-electron chi connectivity index (χ4n) is 0.870. The lowest BCUT2D eigenvalue weighted by molar-refractivity contribution is -0.137. The van der Waals surface area contributed by atoms with Gasteiger partial charge in [0.25, 0.3) is 0 Å². The van der Waals surface area contributed by atoms with Crippen LogP contribution < -0.4 is 10.6 Å². The van der Waals surface area contributed by atoms with Crippen LogP contribution in [0.15, 0.2) is 0 Å². The summed E-state index contributed by atoms with van der Waals surface area (Å²) in [6.07, 6.45) is 0. The molecular weight excluding hydrogens is 148 g/mol. The third-order valence-corrected chi connectivity index (χ3v) is 1.57. The topological polar surface area (TPSA) is 78.4 Å². The molecule has 5 heteroatoms. The van der Waals surface area contributed by atoms with Crippen LogP contribution in [0.2, 0.25) is 0 Å². The highest BCUT2D eigenvalue weighted by Crippen LogP contribution is 1.94. The number of nitrogens with one attached hydrogen (secondary N) is 2. The van der Waals surface area contributed by atoms with Crippen molar-refractivity contribution in [3.05, 3.63) is 0 Å². The highest BCUT2D eigenvalue weighted by atomic mass is 16.3. The normalized spacial score (nSPS) is 31.1. The van der Waals surface area contributed by atoms with Gasteiger partial charge >= 0.3 is 0 Å². The first kappa shape index (κ1) is 8.00. The van der Waals surface area contributed by atoms with Gasteiger partial charge in [0.15, 0.2) is 0 Å². The first-order chi connectivity index (χ1) is 5.15. The number of carbonyl (C=O) groups excluding carboxylic acids is 2. The maximum absolute atomic E-state index is 10.9. The quantitative estimate of drug-likeness (QED) is 0.412. The number of rotatable bonds is 1. The molecule has 11 heavy (non-hydrogen) atoms. The van der Waals surface area contributed by atoms with E-state index in [9.17, 15) is 9.59 Å². The lowest BCUT2D eigenvalue weighted by atomic mass is 10.1. The molecule has 0 radical (unpaired) electrons. The molecule has 1 aliphatic heterocycles. The fourth-order valence-corrected chi connectivity index (χ4v) is 0.870. The Morgan fingerprint density at radius 1 is 1.36 bits per heavy atom. The lowest BCUT2D eigenvalue weighted by Gasteiger charge is -2.25. The zero-order valence-corrected chi connectivity index (χ0v) is 6.13. The molecule has 0 aliphatic carbocycles. The Balaban J connectivity index is 2.62. The molecule has 0 spiro atoms. The van der Waals surface area contributed by atoms with Gasteiger partial charge in [-0.3, -0.25) is 9.59 Å². The summed E-state index contributed by atoms with van der Waals surface area (Å²) in [5, 5.41) is 13.4. The Morgan fingerprint density at radius 3 is 2.55 bits per heavy atom. The van der Waals surface area contributed by atoms with Crippen LogP contribution in [0.5, 0.6) is 0 Å². The second kappa shape index (κ2) is 2.87. The maximum atomic E-state index is 10.9. The van der Waals surface area contributed by atoms with E-state index in [1.165, 1.54) is 0 Å². The van der Waals surface area contributed by atoms with Crippen LogP contribution in [0.1, 0.15) is 6.92 Å². The molecule has 5 nitrogen and oxygen atoms in total. The number of hydrogen-bond acceptors (Lipinski definition) is 3. The lowest BCUT2D eigenvalue weighted by Crippen LogP contribution is -2.61. The Kier molecular flexibility index (Phi) is 2.09. The molecule has 2 amide bonds. The second-order valence-electron chi connectivity index (χ2n) is 2.47. The first-order valence-corrected chi connectivity index (χ1v) is 3.36. The molecule has 1 saturated heterocycles. The summed E-state index contributed by atoms with van der Waals surface area (Å²) in [4.78, 5) is 21.8. The van der Waals surface area contributed by atoms with Crippen LogP contribution in [0.3, 0.4) is 0 Å². The van der Waals surface area contributed by atoms with Gasteiger partial charge in [0.1, 0.15) is 12.1 Å². The molecule has 1 aliphatic rings. The van der Waals surface area contributed by atoms with Crippen LogP contribution in [0.25, 0.3) is 0 Å². The van der Waals surface area contributed by atoms with Crippen LogP contribution in [0.4, 0.5) is 0 Å². The zero-order chi connectivity index (χ0) is 8.43. The molecule has 1 rings (SSSR count). The Bertz CT molecular complexity index is 192. The van der Waals surface area contributed by atoms with E-state index >= 15 is 0 Å². The monoisotopic (exact) mass is 158 g/mol. The number of piperazine rings is 1. The molecule has 1 fully saturated rings. The summed E-state index contributed by atoms with van der Waals surface area (Å²) in [5.74, 6) is -0.594. The molecule has 0 unspecified atom stereocenters. The number of hydrogen-bond donors (Lipinski definition) is 3. The molecule has 62 valence electrons. The molecule has 0 aromatic carbocycles. The molecule has 0 aromatic rings. The molecule has 0 saturated carbocycles. The molecule has 1 heterocycles. The number of aliphatic hydroxyl groups excluding tert-OH is 1. The van der Waals surface area contributed by atoms with Gasteiger partial charge in [-0.05, 0) is 6.92 Å². The van der Waals surface area contributed by atoms with Crippen molar-refractivity contribution in [3.63, 3.8) is 0 Å². The van der Waals surface area contributed by atoms with E-state index in [1.807, 2.05) is 0 Å². The Labute approximate surface area is 63.8 Å². The highest BCUT2D eigenvalue weighted by Gasteiger charge is 2.29. The van der Waals surface area contributed by atoms with Crippen molar-refractivity contribution in [1.29, 1.82) is 0 Å². The zero-order valence-electron chi connectivity index (χ0n) is 6.13. The van der Waals surface area contributed by atoms with E-state index in [0.29, 0.717) is 0 Å². The summed E-state index contributed by atoms with van der Waals surface area (Å²) in [6, 6.07) is -1.27. The Morgan fingerprint density at radius 2 is 2.00 bits per heavy atom. The summed E-state index contributed by atoms with van der Waals surface area (Å²) in [6.45, 7) is 1.23. The van der Waals surface area contributed by atoms with E-state index in [2.05, 4.69) is 10.6 Å². The van der Waals surface area contributed by atoms with Crippen molar-refractivity contribution in [2.75, 3.05) is 6.61 Å². The molecule has 2 atom stereocenters. The van der Waals surface area contributed by atoms with Gasteiger partial charge in [-0.2, -0.15) is 0 Å². The maximum Gasteiger partial charge on any atom is 0.245 e. The fraction of sp³-hybridized carbons (Fsp3) is 0.667. The van der Waals surface area contributed by atoms with Crippen molar-refractivity contribution < 1.29 is 14.7 Å². The van der Waals surface area contributed by atoms with Crippen molar-refractivity contribution >= 4 is 11.8 Å². The van der Waals surface area contributed by atoms with Crippen LogP contribution in [-0.2, 0) is 9.59 Å². The molecule has 0 bridgehead atoms. The number of aliphatic hydroxyl groups is 1. The smallest absolute Gasteiger partial charge is 0.245 e. The standard InChI is InChI=1S/C6H10N2O3/c1-3-5(10)8-4(2-9)6(11)7-3/h3-4,9H,2H2,1H3,(H,7,11)(H,8,10)/t3-,4+/m1/s1. The summed E-state index contributed by atoms with van der Waals surface area (Å²) in [7, 11) is 0. The van der Waals surface area contributed by atoms with Gasteiger partial charge in [0.2, 0.25) is 11.8 Å². The summed E-state index contributed by atoms with van der Waals surface area (Å²) >= 11 is 0. The minimum absolute atomic E-state index is 0.261. The van der Waals surface area contributed by atoms with Gasteiger partial charge in [0.05, 0.1) is 6.61 Å². The van der Waals surface area contributed by atoms with Crippen LogP contribution in [-0.4, -0.2) is 35.6 Å². The van der Waals surface area contributed by atoms with E-state index in [4.69, 9.17) is 5.11 Å². The third kappa shape index (κ3) is 1.48. The number of amides is 2. The van der Waals surface area contributed by atoms with Crippen LogP contribution in [0, 0.1) is 0 Å². The predicted octanol–water partition coefficient (Wildman–Crippen LogP) is -2.02. The SMILES string of the molecule is C[C@H]1NC(=O)[C@H](CO)NC1=O. The van der Waals surface area contributed by atoms with E-state index in [0.717, 1.165) is 0 Å². The van der Waals surface area contributed by atoms with Crippen molar-refractivity contribution in [2.24, 2.45) is 0 Å². The second-order valence-corrected chi connectivity index (χ2v) is 2.47. The van der Waals surface area contributed by atoms with Crippen molar-refractivity contribution in [1.82, 2.24) is 10.6 Å². The van der Waals surface area contributed by atoms with Gasteiger partial charge in [-0.15, -0.1) is 0 Å².